The first-order chi connectivity index (χ1) is 11.8. The Balaban J connectivity index is 1.77. The van der Waals surface area contributed by atoms with Crippen molar-refractivity contribution in [2.45, 2.75) is 6.18 Å². The van der Waals surface area contributed by atoms with Crippen LogP contribution in [0.5, 0.6) is 0 Å². The summed E-state index contributed by atoms with van der Waals surface area (Å²) < 4.78 is 39.7. The highest BCUT2D eigenvalue weighted by Gasteiger charge is 2.30. The Hall–Kier alpha value is -2.80. The van der Waals surface area contributed by atoms with Gasteiger partial charge in [0.05, 0.1) is 11.3 Å². The van der Waals surface area contributed by atoms with Crippen molar-refractivity contribution in [1.82, 2.24) is 9.78 Å². The third kappa shape index (κ3) is 4.00. The van der Waals surface area contributed by atoms with Crippen molar-refractivity contribution in [3.63, 3.8) is 0 Å². The van der Waals surface area contributed by atoms with Crippen LogP contribution in [0.15, 0.2) is 60.8 Å². The molecule has 3 rings (SSSR count). The van der Waals surface area contributed by atoms with Crippen molar-refractivity contribution in [1.29, 1.82) is 0 Å². The average molecular weight is 366 g/mol. The monoisotopic (exact) mass is 365 g/mol. The SMILES string of the molecule is O=C(Nc1ccn(-c2ccc(Cl)cc2)n1)c1cccc(C(F)(F)F)c1. The van der Waals surface area contributed by atoms with Crippen molar-refractivity contribution in [3.8, 4) is 5.69 Å². The molecule has 0 unspecified atom stereocenters. The van der Waals surface area contributed by atoms with Crippen LogP contribution in [0.2, 0.25) is 5.02 Å². The first-order valence-electron chi connectivity index (χ1n) is 7.13. The zero-order valence-electron chi connectivity index (χ0n) is 12.6. The smallest absolute Gasteiger partial charge is 0.305 e. The Morgan fingerprint density at radius 2 is 1.80 bits per heavy atom. The molecular weight excluding hydrogens is 355 g/mol. The van der Waals surface area contributed by atoms with Crippen LogP contribution in [0.1, 0.15) is 15.9 Å². The van der Waals surface area contributed by atoms with Gasteiger partial charge in [0.25, 0.3) is 5.91 Å². The third-order valence-corrected chi connectivity index (χ3v) is 3.63. The summed E-state index contributed by atoms with van der Waals surface area (Å²) in [5, 5.41) is 7.22. The number of anilines is 1. The van der Waals surface area contributed by atoms with Gasteiger partial charge >= 0.3 is 6.18 Å². The number of nitrogens with one attached hydrogen (secondary N) is 1. The van der Waals surface area contributed by atoms with Gasteiger partial charge in [0, 0.05) is 22.8 Å². The highest BCUT2D eigenvalue weighted by atomic mass is 35.5. The van der Waals surface area contributed by atoms with E-state index in [1.165, 1.54) is 16.8 Å². The number of benzene rings is 2. The van der Waals surface area contributed by atoms with Gasteiger partial charge in [0.15, 0.2) is 5.82 Å². The second-order valence-corrected chi connectivity index (χ2v) is 5.59. The fourth-order valence-electron chi connectivity index (χ4n) is 2.15. The largest absolute Gasteiger partial charge is 0.416 e. The highest BCUT2D eigenvalue weighted by Crippen LogP contribution is 2.29. The Morgan fingerprint density at radius 3 is 2.48 bits per heavy atom. The van der Waals surface area contributed by atoms with Gasteiger partial charge in [-0.1, -0.05) is 17.7 Å². The van der Waals surface area contributed by atoms with E-state index in [9.17, 15) is 18.0 Å². The topological polar surface area (TPSA) is 46.9 Å². The summed E-state index contributed by atoms with van der Waals surface area (Å²) in [6.45, 7) is 0. The van der Waals surface area contributed by atoms with Crippen LogP contribution in [0, 0.1) is 0 Å². The van der Waals surface area contributed by atoms with Gasteiger partial charge in [-0.05, 0) is 42.5 Å². The number of carbonyl (C=O) groups excluding carboxylic acids is 1. The van der Waals surface area contributed by atoms with E-state index < -0.39 is 17.6 Å². The minimum Gasteiger partial charge on any atom is -0.305 e. The van der Waals surface area contributed by atoms with E-state index in [1.54, 1.807) is 36.5 Å². The molecule has 0 aliphatic carbocycles. The molecule has 0 aliphatic heterocycles. The molecule has 0 bridgehead atoms. The molecule has 1 N–H and O–H groups in total. The number of amides is 1. The van der Waals surface area contributed by atoms with E-state index >= 15 is 0 Å². The standard InChI is InChI=1S/C17H11ClF3N3O/c18-13-4-6-14(7-5-13)24-9-8-15(23-24)22-16(25)11-2-1-3-12(10-11)17(19,20)21/h1-10H,(H,22,23,25). The lowest BCUT2D eigenvalue weighted by Crippen LogP contribution is -2.14. The maximum Gasteiger partial charge on any atom is 0.416 e. The molecule has 3 aromatic rings. The van der Waals surface area contributed by atoms with E-state index in [0.717, 1.165) is 17.8 Å². The molecule has 0 radical (unpaired) electrons. The van der Waals surface area contributed by atoms with E-state index in [4.69, 9.17) is 11.6 Å². The Labute approximate surface area is 145 Å². The molecule has 25 heavy (non-hydrogen) atoms. The first kappa shape index (κ1) is 17.0. The summed E-state index contributed by atoms with van der Waals surface area (Å²) in [7, 11) is 0. The summed E-state index contributed by atoms with van der Waals surface area (Å²) in [5.41, 5.74) is -0.258. The maximum atomic E-state index is 12.7. The Bertz CT molecular complexity index is 904. The Morgan fingerprint density at radius 1 is 1.08 bits per heavy atom. The van der Waals surface area contributed by atoms with Crippen LogP contribution in [0.4, 0.5) is 19.0 Å². The number of aromatic nitrogens is 2. The molecule has 2 aromatic carbocycles. The summed E-state index contributed by atoms with van der Waals surface area (Å²) in [4.78, 5) is 12.1. The molecule has 0 fully saturated rings. The van der Waals surface area contributed by atoms with Crippen LogP contribution in [0.25, 0.3) is 5.69 Å². The lowest BCUT2D eigenvalue weighted by atomic mass is 10.1. The van der Waals surface area contributed by atoms with Crippen molar-refractivity contribution < 1.29 is 18.0 Å². The number of alkyl halides is 3. The summed E-state index contributed by atoms with van der Waals surface area (Å²) in [6.07, 6.45) is -2.89. The quantitative estimate of drug-likeness (QED) is 0.725. The zero-order chi connectivity index (χ0) is 18.0. The molecular formula is C17H11ClF3N3O. The molecule has 0 atom stereocenters. The molecule has 0 saturated heterocycles. The van der Waals surface area contributed by atoms with Gasteiger partial charge in [-0.25, -0.2) is 4.68 Å². The van der Waals surface area contributed by atoms with Crippen molar-refractivity contribution in [2.24, 2.45) is 0 Å². The van der Waals surface area contributed by atoms with E-state index in [2.05, 4.69) is 10.4 Å². The molecule has 1 heterocycles. The third-order valence-electron chi connectivity index (χ3n) is 3.37. The van der Waals surface area contributed by atoms with Crippen molar-refractivity contribution >= 4 is 23.3 Å². The van der Waals surface area contributed by atoms with E-state index in [-0.39, 0.29) is 11.4 Å². The Kier molecular flexibility index (Phi) is 4.50. The number of rotatable bonds is 3. The van der Waals surface area contributed by atoms with Crippen LogP contribution in [-0.2, 0) is 6.18 Å². The molecule has 1 aromatic heterocycles. The number of nitrogens with zero attached hydrogens (tertiary/aromatic N) is 2. The second kappa shape index (κ2) is 6.60. The molecule has 8 heteroatoms. The minimum atomic E-state index is -4.51. The van der Waals surface area contributed by atoms with Crippen LogP contribution >= 0.6 is 11.6 Å². The summed E-state index contributed by atoms with van der Waals surface area (Å²) >= 11 is 5.82. The van der Waals surface area contributed by atoms with Gasteiger partial charge < -0.3 is 5.32 Å². The molecule has 0 saturated carbocycles. The van der Waals surface area contributed by atoms with Crippen LogP contribution < -0.4 is 5.32 Å². The van der Waals surface area contributed by atoms with Crippen LogP contribution in [0.3, 0.4) is 0 Å². The fraction of sp³-hybridized carbons (Fsp3) is 0.0588. The molecule has 4 nitrogen and oxygen atoms in total. The van der Waals surface area contributed by atoms with Gasteiger partial charge in [0.2, 0.25) is 0 Å². The lowest BCUT2D eigenvalue weighted by Gasteiger charge is -2.08. The van der Waals surface area contributed by atoms with E-state index in [1.807, 2.05) is 0 Å². The number of hydrogen-bond acceptors (Lipinski definition) is 2. The number of halogens is 4. The van der Waals surface area contributed by atoms with Gasteiger partial charge in [-0.15, -0.1) is 0 Å². The summed E-state index contributed by atoms with van der Waals surface area (Å²) in [6, 6.07) is 12.6. The molecule has 128 valence electrons. The van der Waals surface area contributed by atoms with Gasteiger partial charge in [0.1, 0.15) is 0 Å². The first-order valence-corrected chi connectivity index (χ1v) is 7.51. The normalized spacial score (nSPS) is 11.4. The number of hydrogen-bond donors (Lipinski definition) is 1. The zero-order valence-corrected chi connectivity index (χ0v) is 13.3. The molecule has 0 spiro atoms. The average Bonchev–Trinajstić information content (AvgIpc) is 3.03. The fourth-order valence-corrected chi connectivity index (χ4v) is 2.28. The van der Waals surface area contributed by atoms with Crippen molar-refractivity contribution in [2.75, 3.05) is 5.32 Å². The van der Waals surface area contributed by atoms with Gasteiger partial charge in [-0.2, -0.15) is 18.3 Å². The minimum absolute atomic E-state index is 0.101. The van der Waals surface area contributed by atoms with Gasteiger partial charge in [-0.3, -0.25) is 4.79 Å². The lowest BCUT2D eigenvalue weighted by molar-refractivity contribution is -0.137. The predicted molar refractivity (Wildman–Crippen MR) is 88.0 cm³/mol. The summed E-state index contributed by atoms with van der Waals surface area (Å²) in [5.74, 6) is -0.454. The van der Waals surface area contributed by atoms with Crippen molar-refractivity contribution in [3.05, 3.63) is 76.9 Å². The predicted octanol–water partition coefficient (Wildman–Crippen LogP) is 4.80. The van der Waals surface area contributed by atoms with E-state index in [0.29, 0.717) is 5.02 Å². The van der Waals surface area contributed by atoms with Crippen LogP contribution in [-0.4, -0.2) is 15.7 Å². The maximum absolute atomic E-state index is 12.7. The second-order valence-electron chi connectivity index (χ2n) is 5.15. The molecule has 1 amide bonds. The highest BCUT2D eigenvalue weighted by molar-refractivity contribution is 6.30. The molecule has 0 aliphatic rings. The number of carbonyl (C=O) groups is 1.